The lowest BCUT2D eigenvalue weighted by molar-refractivity contribution is 0.0941. The van der Waals surface area contributed by atoms with E-state index in [9.17, 15) is 9.59 Å². The van der Waals surface area contributed by atoms with Gasteiger partial charge in [0.25, 0.3) is 11.8 Å². The van der Waals surface area contributed by atoms with Crippen LogP contribution in [0.4, 0.5) is 5.82 Å². The summed E-state index contributed by atoms with van der Waals surface area (Å²) in [4.78, 5) is 32.8. The van der Waals surface area contributed by atoms with Crippen LogP contribution < -0.4 is 15.4 Å². The zero-order valence-electron chi connectivity index (χ0n) is 16.3. The molecule has 0 aliphatic carbocycles. The standard InChI is InChI=1S/C22H22N4O3/c1-15(2)25-21(27)17-5-7-18(8-6-17)22(28)26-20-19(4-3-11-24-20)29-14-16-9-12-23-13-10-16/h3-13,15H,14H2,1-2H3,(H,25,27)(H,24,26,28). The second-order valence-corrected chi connectivity index (χ2v) is 6.65. The summed E-state index contributed by atoms with van der Waals surface area (Å²) in [5.74, 6) is 0.274. The lowest BCUT2D eigenvalue weighted by atomic mass is 10.1. The van der Waals surface area contributed by atoms with E-state index < -0.39 is 0 Å². The number of hydrogen-bond donors (Lipinski definition) is 2. The molecule has 0 saturated carbocycles. The van der Waals surface area contributed by atoms with E-state index in [0.29, 0.717) is 29.3 Å². The predicted molar refractivity (Wildman–Crippen MR) is 110 cm³/mol. The summed E-state index contributed by atoms with van der Waals surface area (Å²) in [5, 5.41) is 5.57. The first kappa shape index (κ1) is 20.0. The fourth-order valence-corrected chi connectivity index (χ4v) is 2.54. The number of benzene rings is 1. The van der Waals surface area contributed by atoms with Crippen LogP contribution in [-0.2, 0) is 6.61 Å². The summed E-state index contributed by atoms with van der Waals surface area (Å²) in [6.45, 7) is 4.11. The molecule has 0 fully saturated rings. The van der Waals surface area contributed by atoms with Crippen LogP contribution in [0, 0.1) is 0 Å². The maximum absolute atomic E-state index is 12.6. The molecule has 29 heavy (non-hydrogen) atoms. The van der Waals surface area contributed by atoms with E-state index in [4.69, 9.17) is 4.74 Å². The minimum Gasteiger partial charge on any atom is -0.485 e. The van der Waals surface area contributed by atoms with E-state index in [2.05, 4.69) is 20.6 Å². The van der Waals surface area contributed by atoms with Crippen LogP contribution >= 0.6 is 0 Å². The van der Waals surface area contributed by atoms with Gasteiger partial charge in [-0.2, -0.15) is 0 Å². The van der Waals surface area contributed by atoms with Crippen LogP contribution in [-0.4, -0.2) is 27.8 Å². The molecule has 0 radical (unpaired) electrons. The van der Waals surface area contributed by atoms with Crippen molar-refractivity contribution in [1.82, 2.24) is 15.3 Å². The first-order valence-electron chi connectivity index (χ1n) is 9.22. The van der Waals surface area contributed by atoms with Gasteiger partial charge in [-0.25, -0.2) is 4.98 Å². The highest BCUT2D eigenvalue weighted by Gasteiger charge is 2.13. The molecule has 2 amide bonds. The Bertz CT molecular complexity index is 973. The minimum atomic E-state index is -0.340. The number of amides is 2. The van der Waals surface area contributed by atoms with Crippen molar-refractivity contribution in [3.63, 3.8) is 0 Å². The summed E-state index contributed by atoms with van der Waals surface area (Å²) >= 11 is 0. The number of anilines is 1. The van der Waals surface area contributed by atoms with E-state index in [1.807, 2.05) is 26.0 Å². The van der Waals surface area contributed by atoms with Crippen LogP contribution in [0.25, 0.3) is 0 Å². The number of carbonyl (C=O) groups is 2. The highest BCUT2D eigenvalue weighted by atomic mass is 16.5. The Morgan fingerprint density at radius 1 is 0.931 bits per heavy atom. The summed E-state index contributed by atoms with van der Waals surface area (Å²) in [6, 6.07) is 13.7. The third-order valence-corrected chi connectivity index (χ3v) is 3.98. The fraction of sp³-hybridized carbons (Fsp3) is 0.182. The quantitative estimate of drug-likeness (QED) is 0.645. The van der Waals surface area contributed by atoms with Gasteiger partial charge in [0.2, 0.25) is 0 Å². The van der Waals surface area contributed by atoms with E-state index in [0.717, 1.165) is 5.56 Å². The van der Waals surface area contributed by atoms with Crippen molar-refractivity contribution in [2.45, 2.75) is 26.5 Å². The SMILES string of the molecule is CC(C)NC(=O)c1ccc(C(=O)Nc2ncccc2OCc2ccncc2)cc1. The maximum atomic E-state index is 12.6. The number of aromatic nitrogens is 2. The number of nitrogens with zero attached hydrogens (tertiary/aromatic N) is 2. The van der Waals surface area contributed by atoms with Crippen molar-refractivity contribution in [3.05, 3.63) is 83.8 Å². The molecule has 7 heteroatoms. The molecule has 148 valence electrons. The summed E-state index contributed by atoms with van der Waals surface area (Å²) in [6.07, 6.45) is 4.96. The van der Waals surface area contributed by atoms with Gasteiger partial charge in [-0.3, -0.25) is 14.6 Å². The molecule has 0 saturated heterocycles. The molecule has 0 spiro atoms. The van der Waals surface area contributed by atoms with Crippen molar-refractivity contribution in [1.29, 1.82) is 0 Å². The van der Waals surface area contributed by atoms with Gasteiger partial charge in [0.15, 0.2) is 11.6 Å². The molecular formula is C22H22N4O3. The number of ether oxygens (including phenoxy) is 1. The molecule has 3 aromatic rings. The first-order chi connectivity index (χ1) is 14.0. The van der Waals surface area contributed by atoms with Gasteiger partial charge in [0, 0.05) is 35.8 Å². The Morgan fingerprint density at radius 2 is 1.59 bits per heavy atom. The Morgan fingerprint density at radius 3 is 2.24 bits per heavy atom. The molecule has 2 aromatic heterocycles. The number of rotatable bonds is 7. The van der Waals surface area contributed by atoms with E-state index in [1.54, 1.807) is 55.0 Å². The molecule has 0 aliphatic rings. The number of pyridine rings is 2. The Kier molecular flexibility index (Phi) is 6.52. The summed E-state index contributed by atoms with van der Waals surface area (Å²) < 4.78 is 5.79. The van der Waals surface area contributed by atoms with Crippen molar-refractivity contribution in [2.75, 3.05) is 5.32 Å². The second kappa shape index (κ2) is 9.45. The van der Waals surface area contributed by atoms with Crippen molar-refractivity contribution in [2.24, 2.45) is 0 Å². The third-order valence-electron chi connectivity index (χ3n) is 3.98. The van der Waals surface area contributed by atoms with Crippen molar-refractivity contribution >= 4 is 17.6 Å². The zero-order chi connectivity index (χ0) is 20.6. The normalized spacial score (nSPS) is 10.4. The first-order valence-corrected chi connectivity index (χ1v) is 9.22. The van der Waals surface area contributed by atoms with Crippen molar-refractivity contribution in [3.8, 4) is 5.75 Å². The monoisotopic (exact) mass is 390 g/mol. The molecule has 0 atom stereocenters. The van der Waals surface area contributed by atoms with Crippen LogP contribution in [0.15, 0.2) is 67.1 Å². The maximum Gasteiger partial charge on any atom is 0.256 e. The fourth-order valence-electron chi connectivity index (χ4n) is 2.54. The predicted octanol–water partition coefficient (Wildman–Crippen LogP) is 3.45. The highest BCUT2D eigenvalue weighted by Crippen LogP contribution is 2.22. The van der Waals surface area contributed by atoms with Crippen LogP contribution in [0.5, 0.6) is 5.75 Å². The minimum absolute atomic E-state index is 0.0419. The highest BCUT2D eigenvalue weighted by molar-refractivity contribution is 6.05. The van der Waals surface area contributed by atoms with Gasteiger partial charge in [-0.1, -0.05) is 0 Å². The number of carbonyl (C=O) groups excluding carboxylic acids is 2. The smallest absolute Gasteiger partial charge is 0.256 e. The van der Waals surface area contributed by atoms with Gasteiger partial charge >= 0.3 is 0 Å². The molecular weight excluding hydrogens is 368 g/mol. The number of nitrogens with one attached hydrogen (secondary N) is 2. The van der Waals surface area contributed by atoms with Crippen LogP contribution in [0.2, 0.25) is 0 Å². The van der Waals surface area contributed by atoms with E-state index in [-0.39, 0.29) is 17.9 Å². The third kappa shape index (κ3) is 5.62. The molecule has 2 N–H and O–H groups in total. The van der Waals surface area contributed by atoms with Gasteiger partial charge in [-0.05, 0) is 67.9 Å². The topological polar surface area (TPSA) is 93.2 Å². The zero-order valence-corrected chi connectivity index (χ0v) is 16.3. The Labute approximate surface area is 169 Å². The number of hydrogen-bond acceptors (Lipinski definition) is 5. The second-order valence-electron chi connectivity index (χ2n) is 6.65. The van der Waals surface area contributed by atoms with Gasteiger partial charge in [0.1, 0.15) is 6.61 Å². The molecule has 0 aliphatic heterocycles. The largest absolute Gasteiger partial charge is 0.485 e. The van der Waals surface area contributed by atoms with Gasteiger partial charge in [0.05, 0.1) is 0 Å². The molecule has 3 rings (SSSR count). The average molecular weight is 390 g/mol. The lowest BCUT2D eigenvalue weighted by Crippen LogP contribution is -2.30. The Balaban J connectivity index is 1.67. The van der Waals surface area contributed by atoms with Crippen LogP contribution in [0.1, 0.15) is 40.1 Å². The Hall–Kier alpha value is -3.74. The molecule has 7 nitrogen and oxygen atoms in total. The molecule has 2 heterocycles. The summed E-state index contributed by atoms with van der Waals surface area (Å²) in [7, 11) is 0. The average Bonchev–Trinajstić information content (AvgIpc) is 2.73. The van der Waals surface area contributed by atoms with E-state index in [1.165, 1.54) is 0 Å². The summed E-state index contributed by atoms with van der Waals surface area (Å²) in [5.41, 5.74) is 1.86. The molecule has 1 aromatic carbocycles. The lowest BCUT2D eigenvalue weighted by Gasteiger charge is -2.12. The molecule has 0 unspecified atom stereocenters. The van der Waals surface area contributed by atoms with Gasteiger partial charge < -0.3 is 15.4 Å². The van der Waals surface area contributed by atoms with Gasteiger partial charge in [-0.15, -0.1) is 0 Å². The van der Waals surface area contributed by atoms with E-state index >= 15 is 0 Å². The van der Waals surface area contributed by atoms with Crippen LogP contribution in [0.3, 0.4) is 0 Å². The van der Waals surface area contributed by atoms with Crippen molar-refractivity contribution < 1.29 is 14.3 Å². The molecule has 0 bridgehead atoms.